The van der Waals surface area contributed by atoms with E-state index in [0.717, 1.165) is 23.9 Å². The number of hydrogen-bond acceptors (Lipinski definition) is 4. The number of thioether (sulfide) groups is 1. The van der Waals surface area contributed by atoms with Crippen LogP contribution in [0.5, 0.6) is 0 Å². The van der Waals surface area contributed by atoms with E-state index in [1.165, 1.54) is 24.3 Å². The molecule has 2 aromatic carbocycles. The molecule has 0 amide bonds. The van der Waals surface area contributed by atoms with E-state index in [0.29, 0.717) is 0 Å². The molecule has 0 unspecified atom stereocenters. The van der Waals surface area contributed by atoms with Gasteiger partial charge in [-0.2, -0.15) is 21.6 Å². The lowest BCUT2D eigenvalue weighted by atomic mass is 10.2. The first-order valence-electron chi connectivity index (χ1n) is 7.56. The third-order valence-electron chi connectivity index (χ3n) is 3.17. The van der Waals surface area contributed by atoms with Crippen LogP contribution >= 0.6 is 24.0 Å². The Kier molecular flexibility index (Phi) is 7.27. The number of hydrazine groups is 1. The van der Waals surface area contributed by atoms with Gasteiger partial charge in [0.05, 0.1) is 10.5 Å². The standard InChI is InChI=1S/C16H15F3N4O2S3/c1-27-15(23-28(24,25)13-8-3-2-4-9-13)22-21-14(26)20-12-7-5-6-11(10-12)16(17,18)19/h2-10H,1H3,(H,22,23)(H2,20,21,26). The summed E-state index contributed by atoms with van der Waals surface area (Å²) < 4.78 is 66.4. The topological polar surface area (TPSA) is 82.6 Å². The van der Waals surface area contributed by atoms with Gasteiger partial charge in [0.25, 0.3) is 10.0 Å². The summed E-state index contributed by atoms with van der Waals surface area (Å²) in [7, 11) is -3.92. The van der Waals surface area contributed by atoms with Crippen LogP contribution in [0.2, 0.25) is 0 Å². The maximum atomic E-state index is 12.7. The number of nitrogens with one attached hydrogen (secondary N) is 3. The van der Waals surface area contributed by atoms with Crippen LogP contribution in [-0.4, -0.2) is 25.0 Å². The zero-order chi connectivity index (χ0) is 20.8. The van der Waals surface area contributed by atoms with Gasteiger partial charge in [-0.15, -0.1) is 4.40 Å². The summed E-state index contributed by atoms with van der Waals surface area (Å²) in [5.74, 6) is 0. The van der Waals surface area contributed by atoms with E-state index in [1.54, 1.807) is 24.5 Å². The van der Waals surface area contributed by atoms with E-state index in [-0.39, 0.29) is 20.9 Å². The fourth-order valence-corrected chi connectivity index (χ4v) is 3.70. The molecule has 28 heavy (non-hydrogen) atoms. The Morgan fingerprint density at radius 3 is 2.36 bits per heavy atom. The first-order chi connectivity index (χ1) is 13.1. The minimum absolute atomic E-state index is 0.00274. The van der Waals surface area contributed by atoms with Crippen LogP contribution in [-0.2, 0) is 16.2 Å². The quantitative estimate of drug-likeness (QED) is 0.286. The molecule has 0 atom stereocenters. The molecule has 12 heteroatoms. The maximum Gasteiger partial charge on any atom is 0.416 e. The molecular formula is C16H15F3N4O2S3. The second-order valence-electron chi connectivity index (χ2n) is 5.17. The van der Waals surface area contributed by atoms with Gasteiger partial charge in [-0.1, -0.05) is 36.0 Å². The summed E-state index contributed by atoms with van der Waals surface area (Å²) in [6.45, 7) is 0. The number of alkyl halides is 3. The maximum absolute atomic E-state index is 12.7. The van der Waals surface area contributed by atoms with Crippen molar-refractivity contribution in [2.45, 2.75) is 11.1 Å². The molecule has 0 aliphatic rings. The van der Waals surface area contributed by atoms with E-state index in [4.69, 9.17) is 12.2 Å². The van der Waals surface area contributed by atoms with Gasteiger partial charge in [0, 0.05) is 5.69 Å². The highest BCUT2D eigenvalue weighted by Crippen LogP contribution is 2.30. The molecule has 0 fully saturated rings. The van der Waals surface area contributed by atoms with Crippen LogP contribution in [0.1, 0.15) is 5.56 Å². The van der Waals surface area contributed by atoms with Gasteiger partial charge in [0.15, 0.2) is 10.3 Å². The number of halogens is 3. The first-order valence-corrected chi connectivity index (χ1v) is 10.6. The lowest BCUT2D eigenvalue weighted by molar-refractivity contribution is -0.137. The van der Waals surface area contributed by atoms with Gasteiger partial charge >= 0.3 is 6.18 Å². The average molecular weight is 449 g/mol. The number of amidine groups is 1. The molecule has 150 valence electrons. The molecule has 0 saturated carbocycles. The van der Waals surface area contributed by atoms with Crippen LogP contribution in [0.25, 0.3) is 0 Å². The summed E-state index contributed by atoms with van der Waals surface area (Å²) in [5, 5.41) is 2.50. The second-order valence-corrected chi connectivity index (χ2v) is 7.98. The van der Waals surface area contributed by atoms with Crippen molar-refractivity contribution in [2.24, 2.45) is 4.40 Å². The molecule has 0 heterocycles. The Labute approximate surface area is 169 Å². The zero-order valence-corrected chi connectivity index (χ0v) is 16.8. The average Bonchev–Trinajstić information content (AvgIpc) is 2.65. The summed E-state index contributed by atoms with van der Waals surface area (Å²) in [4.78, 5) is 0.0213. The fourth-order valence-electron chi connectivity index (χ4n) is 1.91. The minimum atomic E-state index is -4.48. The Morgan fingerprint density at radius 2 is 1.75 bits per heavy atom. The van der Waals surface area contributed by atoms with Crippen LogP contribution < -0.4 is 16.2 Å². The summed E-state index contributed by atoms with van der Waals surface area (Å²) in [5.41, 5.74) is 4.30. The van der Waals surface area contributed by atoms with Crippen molar-refractivity contribution >= 4 is 50.0 Å². The molecular weight excluding hydrogens is 433 g/mol. The predicted molar refractivity (Wildman–Crippen MR) is 109 cm³/mol. The Morgan fingerprint density at radius 1 is 1.07 bits per heavy atom. The second kappa shape index (κ2) is 9.26. The molecule has 0 spiro atoms. The first kappa shape index (κ1) is 22.0. The van der Waals surface area contributed by atoms with Crippen molar-refractivity contribution in [3.63, 3.8) is 0 Å². The fraction of sp³-hybridized carbons (Fsp3) is 0.125. The Balaban J connectivity index is 2.03. The highest BCUT2D eigenvalue weighted by Gasteiger charge is 2.30. The van der Waals surface area contributed by atoms with Crippen molar-refractivity contribution < 1.29 is 21.6 Å². The number of hydrogen-bond donors (Lipinski definition) is 3. The molecule has 2 aromatic rings. The highest BCUT2D eigenvalue weighted by molar-refractivity contribution is 8.13. The van der Waals surface area contributed by atoms with Crippen LogP contribution in [0.4, 0.5) is 18.9 Å². The lowest BCUT2D eigenvalue weighted by Crippen LogP contribution is -2.43. The zero-order valence-electron chi connectivity index (χ0n) is 14.3. The van der Waals surface area contributed by atoms with Crippen molar-refractivity contribution in [3.8, 4) is 0 Å². The number of nitrogens with zero attached hydrogens (tertiary/aromatic N) is 1. The number of benzene rings is 2. The van der Waals surface area contributed by atoms with Gasteiger partial charge in [0.2, 0.25) is 0 Å². The van der Waals surface area contributed by atoms with Gasteiger partial charge in [-0.25, -0.2) is 0 Å². The summed E-state index contributed by atoms with van der Waals surface area (Å²) in [6, 6.07) is 12.1. The summed E-state index contributed by atoms with van der Waals surface area (Å²) in [6.07, 6.45) is -2.88. The van der Waals surface area contributed by atoms with Crippen molar-refractivity contribution in [1.29, 1.82) is 0 Å². The third-order valence-corrected chi connectivity index (χ3v) is 5.36. The SMILES string of the molecule is CS/C(=N/S(=O)(=O)c1ccccc1)NNC(=S)Nc1cccc(C(F)(F)F)c1. The predicted octanol–water partition coefficient (Wildman–Crippen LogP) is 3.60. The Hall–Kier alpha value is -2.31. The number of thiocarbonyl (C=S) groups is 1. The molecule has 0 radical (unpaired) electrons. The molecule has 0 aliphatic carbocycles. The van der Waals surface area contributed by atoms with E-state index in [1.807, 2.05) is 0 Å². The third kappa shape index (κ3) is 6.39. The lowest BCUT2D eigenvalue weighted by Gasteiger charge is -2.14. The molecule has 0 aromatic heterocycles. The van der Waals surface area contributed by atoms with E-state index >= 15 is 0 Å². The van der Waals surface area contributed by atoms with Crippen LogP contribution in [0.15, 0.2) is 63.9 Å². The molecule has 2 rings (SSSR count). The summed E-state index contributed by atoms with van der Waals surface area (Å²) >= 11 is 6.00. The largest absolute Gasteiger partial charge is 0.416 e. The molecule has 6 nitrogen and oxygen atoms in total. The van der Waals surface area contributed by atoms with Gasteiger partial charge < -0.3 is 5.32 Å². The molecule has 0 aliphatic heterocycles. The van der Waals surface area contributed by atoms with E-state index in [9.17, 15) is 21.6 Å². The van der Waals surface area contributed by atoms with Crippen molar-refractivity contribution in [2.75, 3.05) is 11.6 Å². The number of sulfonamides is 1. The number of rotatable bonds is 3. The Bertz CT molecular complexity index is 965. The van der Waals surface area contributed by atoms with Gasteiger partial charge in [0.1, 0.15) is 0 Å². The normalized spacial score (nSPS) is 12.4. The van der Waals surface area contributed by atoms with Crippen molar-refractivity contribution in [1.82, 2.24) is 10.9 Å². The molecule has 0 saturated heterocycles. The monoisotopic (exact) mass is 448 g/mol. The van der Waals surface area contributed by atoms with Crippen molar-refractivity contribution in [3.05, 3.63) is 60.2 Å². The molecule has 3 N–H and O–H groups in total. The van der Waals surface area contributed by atoms with Crippen LogP contribution in [0, 0.1) is 0 Å². The molecule has 0 bridgehead atoms. The minimum Gasteiger partial charge on any atom is -0.331 e. The number of anilines is 1. The highest BCUT2D eigenvalue weighted by atomic mass is 32.2. The van der Waals surface area contributed by atoms with Gasteiger partial charge in [-0.3, -0.25) is 10.9 Å². The van der Waals surface area contributed by atoms with Crippen LogP contribution in [0.3, 0.4) is 0 Å². The smallest absolute Gasteiger partial charge is 0.331 e. The van der Waals surface area contributed by atoms with E-state index < -0.39 is 21.8 Å². The van der Waals surface area contributed by atoms with E-state index in [2.05, 4.69) is 20.6 Å². The van der Waals surface area contributed by atoms with Gasteiger partial charge in [-0.05, 0) is 48.8 Å².